The van der Waals surface area contributed by atoms with Gasteiger partial charge in [0, 0.05) is 25.3 Å². The van der Waals surface area contributed by atoms with Crippen LogP contribution >= 0.6 is 0 Å². The lowest BCUT2D eigenvalue weighted by molar-refractivity contribution is 0.0298. The number of hydrogen-bond donors (Lipinski definition) is 2. The first kappa shape index (κ1) is 15.3. The van der Waals surface area contributed by atoms with Crippen molar-refractivity contribution in [2.75, 3.05) is 25.1 Å². The molecule has 6 heteroatoms. The summed E-state index contributed by atoms with van der Waals surface area (Å²) in [7, 11) is 0. The zero-order chi connectivity index (χ0) is 14.6. The predicted molar refractivity (Wildman–Crippen MR) is 77.5 cm³/mol. The molecule has 6 nitrogen and oxygen atoms in total. The Morgan fingerprint density at radius 2 is 1.90 bits per heavy atom. The third-order valence-electron chi connectivity index (χ3n) is 3.60. The highest BCUT2D eigenvalue weighted by Gasteiger charge is 2.27. The largest absolute Gasteiger partial charge is 0.407 e. The van der Waals surface area contributed by atoms with E-state index >= 15 is 0 Å². The van der Waals surface area contributed by atoms with E-state index in [1.807, 2.05) is 0 Å². The Balaban J connectivity index is 1.80. The molecule has 1 aliphatic rings. The molecule has 0 radical (unpaired) electrons. The summed E-state index contributed by atoms with van der Waals surface area (Å²) in [6.45, 7) is 11.7. The molecular weight excluding hydrogens is 256 g/mol. The van der Waals surface area contributed by atoms with Crippen LogP contribution in [0, 0.1) is 5.41 Å². The van der Waals surface area contributed by atoms with Gasteiger partial charge in [0.15, 0.2) is 0 Å². The van der Waals surface area contributed by atoms with E-state index < -0.39 is 0 Å². The third-order valence-corrected chi connectivity index (χ3v) is 3.60. The maximum atomic E-state index is 5.59. The molecule has 0 spiro atoms. The van der Waals surface area contributed by atoms with E-state index in [1.165, 1.54) is 0 Å². The fourth-order valence-electron chi connectivity index (χ4n) is 2.07. The number of ether oxygens (including phenoxy) is 1. The lowest BCUT2D eigenvalue weighted by atomic mass is 9.82. The Hall–Kier alpha value is -1.14. The summed E-state index contributed by atoms with van der Waals surface area (Å²) < 4.78 is 11.0. The van der Waals surface area contributed by atoms with Gasteiger partial charge in [0.2, 0.25) is 5.89 Å². The van der Waals surface area contributed by atoms with Gasteiger partial charge in [-0.3, -0.25) is 0 Å². The van der Waals surface area contributed by atoms with Crippen molar-refractivity contribution in [1.29, 1.82) is 0 Å². The Bertz CT molecular complexity index is 419. The maximum absolute atomic E-state index is 5.59. The molecule has 2 N–H and O–H groups in total. The standard InChI is InChI=1S/C14H26N4O2/c1-13(2,3)16-9-11-17-18-12(20-11)15-10-14(4)5-7-19-8-6-14/h16H,5-10H2,1-4H3,(H,15,18). The third kappa shape index (κ3) is 4.76. The van der Waals surface area contributed by atoms with Gasteiger partial charge in [0.1, 0.15) is 0 Å². The van der Waals surface area contributed by atoms with Crippen molar-refractivity contribution in [1.82, 2.24) is 15.5 Å². The first-order valence-corrected chi connectivity index (χ1v) is 7.25. The van der Waals surface area contributed by atoms with Crippen LogP contribution in [0.2, 0.25) is 0 Å². The molecule has 0 aromatic carbocycles. The highest BCUT2D eigenvalue weighted by Crippen LogP contribution is 2.29. The zero-order valence-electron chi connectivity index (χ0n) is 13.0. The molecule has 0 saturated carbocycles. The summed E-state index contributed by atoms with van der Waals surface area (Å²) in [4.78, 5) is 0. The minimum Gasteiger partial charge on any atom is -0.407 e. The molecule has 0 amide bonds. The summed E-state index contributed by atoms with van der Waals surface area (Å²) in [5, 5.41) is 14.6. The lowest BCUT2D eigenvalue weighted by Crippen LogP contribution is -2.35. The summed E-state index contributed by atoms with van der Waals surface area (Å²) in [5.74, 6) is 0.611. The van der Waals surface area contributed by atoms with Crippen molar-refractivity contribution >= 4 is 6.01 Å². The first-order valence-electron chi connectivity index (χ1n) is 7.25. The van der Waals surface area contributed by atoms with Gasteiger partial charge >= 0.3 is 6.01 Å². The minimum atomic E-state index is 0.0393. The minimum absolute atomic E-state index is 0.0393. The van der Waals surface area contributed by atoms with E-state index in [1.54, 1.807) is 0 Å². The molecule has 20 heavy (non-hydrogen) atoms. The normalized spacial score (nSPS) is 19.0. The van der Waals surface area contributed by atoms with Gasteiger partial charge in [-0.2, -0.15) is 0 Å². The van der Waals surface area contributed by atoms with Crippen molar-refractivity contribution in [3.05, 3.63) is 5.89 Å². The average molecular weight is 282 g/mol. The van der Waals surface area contributed by atoms with Gasteiger partial charge in [-0.25, -0.2) is 0 Å². The summed E-state index contributed by atoms with van der Waals surface area (Å²) in [6, 6.07) is 0.503. The molecule has 2 rings (SSSR count). The number of nitrogens with zero attached hydrogens (tertiary/aromatic N) is 2. The van der Waals surface area contributed by atoms with Gasteiger partial charge in [-0.15, -0.1) is 5.10 Å². The van der Waals surface area contributed by atoms with E-state index in [2.05, 4.69) is 48.5 Å². The van der Waals surface area contributed by atoms with Gasteiger partial charge < -0.3 is 19.8 Å². The van der Waals surface area contributed by atoms with Gasteiger partial charge in [0.05, 0.1) is 6.54 Å². The predicted octanol–water partition coefficient (Wildman–Crippen LogP) is 2.19. The Labute approximate surface area is 120 Å². The Kier molecular flexibility index (Phi) is 4.65. The van der Waals surface area contributed by atoms with E-state index in [4.69, 9.17) is 9.15 Å². The Morgan fingerprint density at radius 1 is 1.20 bits per heavy atom. The lowest BCUT2D eigenvalue weighted by Gasteiger charge is -2.33. The second-order valence-electron chi connectivity index (χ2n) is 6.88. The van der Waals surface area contributed by atoms with Gasteiger partial charge in [0.25, 0.3) is 0 Å². The highest BCUT2D eigenvalue weighted by atomic mass is 16.5. The van der Waals surface area contributed by atoms with Crippen LogP contribution in [0.25, 0.3) is 0 Å². The maximum Gasteiger partial charge on any atom is 0.315 e. The van der Waals surface area contributed by atoms with Gasteiger partial charge in [-0.05, 0) is 39.0 Å². The smallest absolute Gasteiger partial charge is 0.315 e. The second kappa shape index (κ2) is 6.10. The number of anilines is 1. The quantitative estimate of drug-likeness (QED) is 0.862. The second-order valence-corrected chi connectivity index (χ2v) is 6.88. The van der Waals surface area contributed by atoms with Crippen molar-refractivity contribution in [2.45, 2.75) is 52.6 Å². The van der Waals surface area contributed by atoms with E-state index in [-0.39, 0.29) is 11.0 Å². The SMILES string of the molecule is CC1(CNc2nnc(CNC(C)(C)C)o2)CCOCC1. The van der Waals surface area contributed by atoms with Crippen LogP contribution in [-0.2, 0) is 11.3 Å². The molecule has 0 aliphatic carbocycles. The molecule has 1 aromatic heterocycles. The molecule has 0 unspecified atom stereocenters. The molecule has 1 fully saturated rings. The number of nitrogens with one attached hydrogen (secondary N) is 2. The molecule has 2 heterocycles. The van der Waals surface area contributed by atoms with Crippen molar-refractivity contribution in [3.8, 4) is 0 Å². The molecule has 1 aliphatic heterocycles. The number of hydrogen-bond acceptors (Lipinski definition) is 6. The van der Waals surface area contributed by atoms with Crippen LogP contribution in [0.5, 0.6) is 0 Å². The van der Waals surface area contributed by atoms with Crippen LogP contribution in [0.1, 0.15) is 46.4 Å². The molecule has 0 bridgehead atoms. The fourth-order valence-corrected chi connectivity index (χ4v) is 2.07. The summed E-state index contributed by atoms with van der Waals surface area (Å²) >= 11 is 0. The molecule has 114 valence electrons. The monoisotopic (exact) mass is 282 g/mol. The summed E-state index contributed by atoms with van der Waals surface area (Å²) in [6.07, 6.45) is 2.12. The Morgan fingerprint density at radius 3 is 2.55 bits per heavy atom. The molecule has 1 saturated heterocycles. The highest BCUT2D eigenvalue weighted by molar-refractivity contribution is 5.17. The van der Waals surface area contributed by atoms with Crippen molar-refractivity contribution < 1.29 is 9.15 Å². The van der Waals surface area contributed by atoms with Crippen LogP contribution in [0.15, 0.2) is 4.42 Å². The first-order chi connectivity index (χ1) is 9.36. The van der Waals surface area contributed by atoms with Crippen molar-refractivity contribution in [3.63, 3.8) is 0 Å². The van der Waals surface area contributed by atoms with Crippen LogP contribution in [0.3, 0.4) is 0 Å². The zero-order valence-corrected chi connectivity index (χ0v) is 13.0. The molecule has 1 aromatic rings. The van der Waals surface area contributed by atoms with Gasteiger partial charge in [-0.1, -0.05) is 12.0 Å². The van der Waals surface area contributed by atoms with Crippen LogP contribution in [-0.4, -0.2) is 35.5 Å². The average Bonchev–Trinajstić information content (AvgIpc) is 2.82. The van der Waals surface area contributed by atoms with E-state index in [0.717, 1.165) is 32.6 Å². The van der Waals surface area contributed by atoms with Crippen LogP contribution in [0.4, 0.5) is 6.01 Å². The fraction of sp³-hybridized carbons (Fsp3) is 0.857. The van der Waals surface area contributed by atoms with E-state index in [0.29, 0.717) is 18.5 Å². The van der Waals surface area contributed by atoms with E-state index in [9.17, 15) is 0 Å². The summed E-state index contributed by atoms with van der Waals surface area (Å²) in [5.41, 5.74) is 0.286. The number of aromatic nitrogens is 2. The molecular formula is C14H26N4O2. The van der Waals surface area contributed by atoms with Crippen molar-refractivity contribution in [2.24, 2.45) is 5.41 Å². The van der Waals surface area contributed by atoms with Crippen LogP contribution < -0.4 is 10.6 Å². The molecule has 0 atom stereocenters. The topological polar surface area (TPSA) is 72.2 Å². The number of rotatable bonds is 5.